The molecule has 46 heavy (non-hydrogen) atoms. The van der Waals surface area contributed by atoms with Crippen LogP contribution in [0.4, 0.5) is 65.9 Å². The van der Waals surface area contributed by atoms with Crippen LogP contribution in [0, 0.1) is 87.3 Å². The minimum atomic E-state index is -5.52. The van der Waals surface area contributed by atoms with Gasteiger partial charge >= 0.3 is 30.4 Å². The summed E-state index contributed by atoms with van der Waals surface area (Å²) in [6.07, 6.45) is 0. The molecular weight excluding hydrogens is 789 g/mol. The largest absolute Gasteiger partial charge is 0.300 e. The molecule has 0 atom stereocenters. The van der Waals surface area contributed by atoms with Crippen molar-refractivity contribution >= 4 is 30.4 Å². The van der Waals surface area contributed by atoms with E-state index in [1.54, 1.807) is 0 Å². The second-order valence-electron chi connectivity index (χ2n) is 7.12. The normalized spacial score (nSPS) is 11.6. The van der Waals surface area contributed by atoms with Crippen molar-refractivity contribution in [1.29, 1.82) is 0 Å². The van der Waals surface area contributed by atoms with Gasteiger partial charge < -0.3 is 0 Å². The third-order valence-electron chi connectivity index (χ3n) is 4.28. The number of benzene rings is 3. The first-order valence-corrected chi connectivity index (χ1v) is 13.8. The van der Waals surface area contributed by atoms with Crippen molar-refractivity contribution in [3.8, 4) is 0 Å². The van der Waals surface area contributed by atoms with Gasteiger partial charge in [-0.3, -0.25) is 13.7 Å². The molecule has 0 aliphatic rings. The topological polar surface area (TPSA) is 163 Å². The molecule has 0 aromatic heterocycles. The summed E-state index contributed by atoms with van der Waals surface area (Å²) in [5.74, 6) is -37.8. The van der Waals surface area contributed by atoms with E-state index in [2.05, 4.69) is 0 Å². The predicted octanol–water partition coefficient (Wildman–Crippen LogP) is 4.88. The molecule has 0 amide bonds. The van der Waals surface area contributed by atoms with E-state index in [4.69, 9.17) is 13.7 Å². The van der Waals surface area contributed by atoms with E-state index >= 15 is 0 Å². The maximum Gasteiger partial charge on any atom is 0.300 e. The average molecular weight is 792 g/mol. The zero-order valence-corrected chi connectivity index (χ0v) is 24.2. The van der Waals surface area contributed by atoms with Gasteiger partial charge in [-0.1, -0.05) is 0 Å². The summed E-state index contributed by atoms with van der Waals surface area (Å²) in [7, 11) is -16.6. The van der Waals surface area contributed by atoms with Crippen molar-refractivity contribution in [1.82, 2.24) is 0 Å². The van der Waals surface area contributed by atoms with Crippen LogP contribution in [0.15, 0.2) is 14.7 Å². The van der Waals surface area contributed by atoms with E-state index in [0.717, 1.165) is 0 Å². The summed E-state index contributed by atoms with van der Waals surface area (Å²) in [6, 6.07) is 0. The Kier molecular flexibility index (Phi) is 13.9. The molecule has 0 saturated heterocycles. The van der Waals surface area contributed by atoms with Crippen molar-refractivity contribution in [3.05, 3.63) is 87.3 Å². The Morgan fingerprint density at radius 1 is 0.261 bits per heavy atom. The van der Waals surface area contributed by atoms with Crippen molar-refractivity contribution in [2.45, 2.75) is 14.7 Å². The summed E-state index contributed by atoms with van der Waals surface area (Å²) < 4.78 is 274. The number of rotatable bonds is 3. The van der Waals surface area contributed by atoms with Crippen molar-refractivity contribution in [2.75, 3.05) is 0 Å². The second kappa shape index (κ2) is 14.9. The fourth-order valence-corrected chi connectivity index (χ4v) is 4.33. The van der Waals surface area contributed by atoms with Gasteiger partial charge in [0, 0.05) is 21.7 Å². The van der Waals surface area contributed by atoms with Crippen LogP contribution >= 0.6 is 0 Å². The molecule has 0 saturated carbocycles. The molecule has 28 heteroatoms. The molecule has 0 aliphatic heterocycles. The molecule has 3 aromatic rings. The van der Waals surface area contributed by atoms with Gasteiger partial charge in [-0.15, -0.1) is 0 Å². The molecule has 9 nitrogen and oxygen atoms in total. The van der Waals surface area contributed by atoms with Crippen LogP contribution < -0.4 is 0 Å². The minimum absolute atomic E-state index is 0. The fourth-order valence-electron chi connectivity index (χ4n) is 2.43. The van der Waals surface area contributed by atoms with Gasteiger partial charge in [-0.2, -0.15) is 25.3 Å². The van der Waals surface area contributed by atoms with Gasteiger partial charge in [0.15, 0.2) is 84.5 Å². The number of hydrogen-bond donors (Lipinski definition) is 3. The van der Waals surface area contributed by atoms with Crippen molar-refractivity contribution < 1.29 is 126 Å². The first kappa shape index (κ1) is 43.1. The smallest absolute Gasteiger partial charge is 0.282 e. The van der Waals surface area contributed by atoms with Gasteiger partial charge in [0.05, 0.1) is 0 Å². The maximum absolute atomic E-state index is 12.6. The molecule has 0 aliphatic carbocycles. The van der Waals surface area contributed by atoms with Gasteiger partial charge in [-0.05, 0) is 0 Å². The first-order valence-electron chi connectivity index (χ1n) is 9.49. The Morgan fingerprint density at radius 3 is 0.435 bits per heavy atom. The van der Waals surface area contributed by atoms with E-state index in [1.165, 1.54) is 0 Å². The van der Waals surface area contributed by atoms with Gasteiger partial charge in [0.2, 0.25) is 17.5 Å². The van der Waals surface area contributed by atoms with Crippen LogP contribution in [0.2, 0.25) is 0 Å². The van der Waals surface area contributed by atoms with Crippen LogP contribution in [0.25, 0.3) is 0 Å². The summed E-state index contributed by atoms with van der Waals surface area (Å²) in [6.45, 7) is 0. The molecule has 0 heterocycles. The number of halogens is 15. The Hall–Kier alpha value is -2.95. The molecule has 0 unspecified atom stereocenters. The van der Waals surface area contributed by atoms with Crippen molar-refractivity contribution in [3.63, 3.8) is 0 Å². The first-order chi connectivity index (χ1) is 20.0. The van der Waals surface area contributed by atoms with Crippen LogP contribution in [-0.4, -0.2) is 38.9 Å². The zero-order valence-electron chi connectivity index (χ0n) is 20.2. The van der Waals surface area contributed by atoms with Crippen LogP contribution in [0.5, 0.6) is 0 Å². The average Bonchev–Trinajstić information content (AvgIpc) is 2.89. The van der Waals surface area contributed by atoms with E-state index in [-0.39, 0.29) is 21.7 Å². The Balaban J connectivity index is 0.000000653. The predicted molar refractivity (Wildman–Crippen MR) is 108 cm³/mol. The second-order valence-corrected chi connectivity index (χ2v) is 11.2. The molecule has 0 spiro atoms. The number of hydrogen-bond acceptors (Lipinski definition) is 6. The zero-order chi connectivity index (χ0) is 35.9. The summed E-state index contributed by atoms with van der Waals surface area (Å²) in [5, 5.41) is 0. The minimum Gasteiger partial charge on any atom is -0.282 e. The molecule has 3 rings (SSSR count). The molecule has 3 N–H and O–H groups in total. The van der Waals surface area contributed by atoms with Gasteiger partial charge in [-0.25, -0.2) is 65.9 Å². The standard InChI is InChI=1S/3C6HF5O3S.Ti/c3*7-1-2(8)4(10)6(15(12,13)14)5(11)3(1)9;/h3*(H,12,13,14);. The third kappa shape index (κ3) is 8.69. The molecule has 0 fully saturated rings. The van der Waals surface area contributed by atoms with Gasteiger partial charge in [0.25, 0.3) is 0 Å². The molecule has 256 valence electrons. The Morgan fingerprint density at radius 2 is 0.348 bits per heavy atom. The summed E-state index contributed by atoms with van der Waals surface area (Å²) in [5.41, 5.74) is 0. The maximum atomic E-state index is 12.6. The van der Waals surface area contributed by atoms with Gasteiger partial charge in [0.1, 0.15) is 0 Å². The Bertz CT molecular complexity index is 1720. The molecule has 0 radical (unpaired) electrons. The SMILES string of the molecule is O=S(=O)(O)c1c(F)c(F)c(F)c(F)c1F.O=S(=O)(O)c1c(F)c(F)c(F)c(F)c1F.O=S(=O)(O)c1c(F)c(F)c(F)c(F)c1F.[Ti]. The van der Waals surface area contributed by atoms with E-state index in [9.17, 15) is 91.1 Å². The van der Waals surface area contributed by atoms with E-state index in [1.807, 2.05) is 0 Å². The van der Waals surface area contributed by atoms with E-state index in [0.29, 0.717) is 0 Å². The van der Waals surface area contributed by atoms with Crippen molar-refractivity contribution in [2.24, 2.45) is 0 Å². The third-order valence-corrected chi connectivity index (χ3v) is 6.91. The molecule has 0 bridgehead atoms. The monoisotopic (exact) mass is 792 g/mol. The van der Waals surface area contributed by atoms with Crippen LogP contribution in [0.1, 0.15) is 0 Å². The molecule has 3 aromatic carbocycles. The summed E-state index contributed by atoms with van der Waals surface area (Å²) >= 11 is 0. The summed E-state index contributed by atoms with van der Waals surface area (Å²) in [4.78, 5) is -6.79. The van der Waals surface area contributed by atoms with Crippen LogP contribution in [0.3, 0.4) is 0 Å². The van der Waals surface area contributed by atoms with Crippen LogP contribution in [-0.2, 0) is 52.1 Å². The van der Waals surface area contributed by atoms with E-state index < -0.39 is 132 Å². The quantitative estimate of drug-likeness (QED) is 0.110. The fraction of sp³-hybridized carbons (Fsp3) is 0. The molecular formula is C18H3F15O9S3Ti. The Labute approximate surface area is 258 Å².